The van der Waals surface area contributed by atoms with Crippen molar-refractivity contribution in [2.45, 2.75) is 44.8 Å². The molecule has 0 aromatic heterocycles. The molecule has 0 saturated heterocycles. The number of hydrogen-bond donors (Lipinski definition) is 2. The minimum absolute atomic E-state index is 0.00125. The van der Waals surface area contributed by atoms with Gasteiger partial charge in [-0.25, -0.2) is 0 Å². The first kappa shape index (κ1) is 26.4. The van der Waals surface area contributed by atoms with Crippen LogP contribution in [0.1, 0.15) is 47.2 Å². The van der Waals surface area contributed by atoms with Crippen molar-refractivity contribution in [1.82, 2.24) is 10.6 Å². The molecular formula is C29H35ClN2O4. The zero-order chi connectivity index (χ0) is 25.2. The van der Waals surface area contributed by atoms with Crippen LogP contribution in [0.15, 0.2) is 60.7 Å². The molecule has 2 amide bonds. The molecule has 1 aliphatic carbocycles. The van der Waals surface area contributed by atoms with Gasteiger partial charge in [0.05, 0.1) is 32.3 Å². The maximum atomic E-state index is 13.5. The van der Waals surface area contributed by atoms with Gasteiger partial charge in [0.25, 0.3) is 5.91 Å². The maximum absolute atomic E-state index is 13.5. The fourth-order valence-corrected chi connectivity index (χ4v) is 4.92. The highest BCUT2D eigenvalue weighted by molar-refractivity contribution is 6.30. The van der Waals surface area contributed by atoms with E-state index in [4.69, 9.17) is 21.1 Å². The Hall–Kier alpha value is -2.67. The molecule has 2 aromatic carbocycles. The summed E-state index contributed by atoms with van der Waals surface area (Å²) in [6.07, 6.45) is 8.37. The van der Waals surface area contributed by atoms with Gasteiger partial charge >= 0.3 is 0 Å². The second-order valence-electron chi connectivity index (χ2n) is 9.46. The predicted octanol–water partition coefficient (Wildman–Crippen LogP) is 4.71. The number of benzene rings is 2. The monoisotopic (exact) mass is 510 g/mol. The fourth-order valence-electron chi connectivity index (χ4n) is 4.79. The Kier molecular flexibility index (Phi) is 9.96. The molecular weight excluding hydrogens is 476 g/mol. The largest absolute Gasteiger partial charge is 0.375 e. The second-order valence-corrected chi connectivity index (χ2v) is 9.89. The molecule has 2 aromatic rings. The van der Waals surface area contributed by atoms with Crippen molar-refractivity contribution in [3.05, 3.63) is 82.4 Å². The summed E-state index contributed by atoms with van der Waals surface area (Å²) in [6, 6.07) is 14.8. The van der Waals surface area contributed by atoms with Crippen molar-refractivity contribution in [3.63, 3.8) is 0 Å². The lowest BCUT2D eigenvalue weighted by molar-refractivity contribution is -0.128. The quantitative estimate of drug-likeness (QED) is 0.552. The Labute approximate surface area is 218 Å². The Morgan fingerprint density at radius 1 is 1.06 bits per heavy atom. The number of ether oxygens (including phenoxy) is 2. The maximum Gasteiger partial charge on any atom is 0.251 e. The Balaban J connectivity index is 1.50. The lowest BCUT2D eigenvalue weighted by Gasteiger charge is -2.38. The van der Waals surface area contributed by atoms with Gasteiger partial charge in [-0.15, -0.1) is 0 Å². The number of carbonyl (C=O) groups excluding carboxylic acids is 2. The van der Waals surface area contributed by atoms with Gasteiger partial charge in [0, 0.05) is 23.2 Å². The van der Waals surface area contributed by atoms with Crippen molar-refractivity contribution < 1.29 is 19.1 Å². The van der Waals surface area contributed by atoms with Crippen LogP contribution in [0.25, 0.3) is 0 Å². The summed E-state index contributed by atoms with van der Waals surface area (Å²) in [5, 5.41) is 7.05. The zero-order valence-electron chi connectivity index (χ0n) is 20.6. The average molecular weight is 511 g/mol. The number of nitrogens with one attached hydrogen (secondary N) is 2. The van der Waals surface area contributed by atoms with Crippen LogP contribution >= 0.6 is 11.6 Å². The third-order valence-corrected chi connectivity index (χ3v) is 7.25. The van der Waals surface area contributed by atoms with Gasteiger partial charge in [-0.2, -0.15) is 0 Å². The molecule has 7 heteroatoms. The van der Waals surface area contributed by atoms with Gasteiger partial charge in [-0.1, -0.05) is 60.5 Å². The molecule has 2 unspecified atom stereocenters. The van der Waals surface area contributed by atoms with Crippen molar-refractivity contribution in [1.29, 1.82) is 0 Å². The van der Waals surface area contributed by atoms with E-state index in [0.29, 0.717) is 50.0 Å². The normalized spacial score (nSPS) is 21.2. The molecule has 0 spiro atoms. The van der Waals surface area contributed by atoms with Crippen LogP contribution in [0.3, 0.4) is 0 Å². The molecule has 6 nitrogen and oxygen atoms in total. The lowest BCUT2D eigenvalue weighted by Crippen LogP contribution is -2.51. The average Bonchev–Trinajstić information content (AvgIpc) is 2.85. The number of rotatable bonds is 6. The van der Waals surface area contributed by atoms with Gasteiger partial charge in [-0.05, 0) is 60.9 Å². The minimum Gasteiger partial charge on any atom is -0.375 e. The molecule has 0 bridgehead atoms. The van der Waals surface area contributed by atoms with Crippen LogP contribution in [-0.4, -0.2) is 44.2 Å². The summed E-state index contributed by atoms with van der Waals surface area (Å²) in [5.74, 6) is -0.205. The van der Waals surface area contributed by atoms with Crippen molar-refractivity contribution >= 4 is 23.4 Å². The van der Waals surface area contributed by atoms with E-state index in [1.807, 2.05) is 60.7 Å². The summed E-state index contributed by atoms with van der Waals surface area (Å²) >= 11 is 5.98. The van der Waals surface area contributed by atoms with E-state index in [1.54, 1.807) is 0 Å². The van der Waals surface area contributed by atoms with E-state index >= 15 is 0 Å². The number of amides is 2. The molecule has 2 aliphatic rings. The van der Waals surface area contributed by atoms with Crippen LogP contribution in [0.5, 0.6) is 0 Å². The van der Waals surface area contributed by atoms with Crippen LogP contribution in [0.4, 0.5) is 0 Å². The van der Waals surface area contributed by atoms with E-state index < -0.39 is 0 Å². The molecule has 192 valence electrons. The molecule has 1 saturated carbocycles. The standard InChI is InChI=1S/C29H35ClN2O4/c30-24-13-11-21(12-14-24)15-16-31-29(34)27(22-7-5-8-22)26-10-3-4-17-35-18-19-36-20-23-6-1-2-9-25(23)28(33)32-26/h1-4,6,9,11-14,22,26-27H,5,7-8,10,15-20H2,(H,31,34)(H,32,33)/b4-3+. The third-order valence-electron chi connectivity index (χ3n) is 7.00. The molecule has 1 fully saturated rings. The lowest BCUT2D eigenvalue weighted by atomic mass is 9.71. The molecule has 1 aliphatic heterocycles. The smallest absolute Gasteiger partial charge is 0.251 e. The fraction of sp³-hybridized carbons (Fsp3) is 0.448. The van der Waals surface area contributed by atoms with E-state index in [1.165, 1.54) is 0 Å². The summed E-state index contributed by atoms with van der Waals surface area (Å²) in [7, 11) is 0. The van der Waals surface area contributed by atoms with E-state index in [9.17, 15) is 9.59 Å². The van der Waals surface area contributed by atoms with Gasteiger partial charge in [-0.3, -0.25) is 9.59 Å². The number of fused-ring (bicyclic) bond motifs is 1. The SMILES string of the molecule is O=C1NC(C(C(=O)NCCc2ccc(Cl)cc2)C2CCC2)C/C=C/COCCOCc2ccccc21. The molecule has 36 heavy (non-hydrogen) atoms. The highest BCUT2D eigenvalue weighted by Gasteiger charge is 2.38. The predicted molar refractivity (Wildman–Crippen MR) is 141 cm³/mol. The third kappa shape index (κ3) is 7.42. The van der Waals surface area contributed by atoms with Crippen LogP contribution in [0.2, 0.25) is 5.02 Å². The van der Waals surface area contributed by atoms with Gasteiger partial charge in [0.1, 0.15) is 0 Å². The number of hydrogen-bond acceptors (Lipinski definition) is 4. The van der Waals surface area contributed by atoms with Crippen LogP contribution in [0, 0.1) is 11.8 Å². The highest BCUT2D eigenvalue weighted by atomic mass is 35.5. The minimum atomic E-state index is -0.313. The van der Waals surface area contributed by atoms with Crippen molar-refractivity contribution in [3.8, 4) is 0 Å². The first-order chi connectivity index (χ1) is 17.6. The zero-order valence-corrected chi connectivity index (χ0v) is 21.3. The second kappa shape index (κ2) is 13.6. The Morgan fingerprint density at radius 3 is 2.61 bits per heavy atom. The van der Waals surface area contributed by atoms with Crippen LogP contribution < -0.4 is 10.6 Å². The molecule has 4 rings (SSSR count). The first-order valence-electron chi connectivity index (χ1n) is 12.8. The van der Waals surface area contributed by atoms with Gasteiger partial charge < -0.3 is 20.1 Å². The van der Waals surface area contributed by atoms with Crippen molar-refractivity contribution in [2.24, 2.45) is 11.8 Å². The molecule has 2 N–H and O–H groups in total. The highest BCUT2D eigenvalue weighted by Crippen LogP contribution is 2.36. The Morgan fingerprint density at radius 2 is 1.83 bits per heavy atom. The van der Waals surface area contributed by atoms with Gasteiger partial charge in [0.2, 0.25) is 5.91 Å². The summed E-state index contributed by atoms with van der Waals surface area (Å²) in [5.41, 5.74) is 2.53. The molecule has 1 heterocycles. The summed E-state index contributed by atoms with van der Waals surface area (Å²) in [6.45, 7) is 2.30. The Bertz CT molecular complexity index is 1040. The molecule has 0 radical (unpaired) electrons. The van der Waals surface area contributed by atoms with Gasteiger partial charge in [0.15, 0.2) is 0 Å². The van der Waals surface area contributed by atoms with E-state index in [2.05, 4.69) is 10.6 Å². The van der Waals surface area contributed by atoms with E-state index in [0.717, 1.165) is 36.8 Å². The summed E-state index contributed by atoms with van der Waals surface area (Å²) < 4.78 is 11.3. The van der Waals surface area contributed by atoms with Crippen molar-refractivity contribution in [2.75, 3.05) is 26.4 Å². The first-order valence-corrected chi connectivity index (χ1v) is 13.2. The van der Waals surface area contributed by atoms with Crippen LogP contribution in [-0.2, 0) is 27.3 Å². The number of carbonyl (C=O) groups is 2. The van der Waals surface area contributed by atoms with E-state index in [-0.39, 0.29) is 29.7 Å². The number of halogens is 1. The summed E-state index contributed by atoms with van der Waals surface area (Å²) in [4.78, 5) is 26.9. The molecule has 2 atom stereocenters. The topological polar surface area (TPSA) is 76.7 Å².